The van der Waals surface area contributed by atoms with Gasteiger partial charge in [-0.1, -0.05) is 231 Å². The van der Waals surface area contributed by atoms with E-state index in [0.717, 1.165) is 66.8 Å². The zero-order chi connectivity index (χ0) is 40.1. The van der Waals surface area contributed by atoms with Gasteiger partial charge >= 0.3 is 0 Å². The molecule has 9 aromatic carbocycles. The first-order valence-corrected chi connectivity index (χ1v) is 20.3. The SMILES string of the molecule is c1ccc(-c2nc(-c3ccccc3)nc(-c3cccc(-c4c(-c5ccccc5)c(-c5ccccc5)c(-c5ccccc5)c(-c5ccccc5)c4-c4ccccc4)c3)n2)cc1. The van der Waals surface area contributed by atoms with Crippen LogP contribution >= 0.6 is 0 Å². The molecular weight excluding hydrogens is 727 g/mol. The third-order valence-electron chi connectivity index (χ3n) is 10.9. The Balaban J connectivity index is 1.36. The van der Waals surface area contributed by atoms with E-state index >= 15 is 0 Å². The molecule has 0 radical (unpaired) electrons. The molecular formula is C57H39N3. The minimum Gasteiger partial charge on any atom is -0.208 e. The smallest absolute Gasteiger partial charge is 0.164 e. The molecule has 0 N–H and O–H groups in total. The van der Waals surface area contributed by atoms with E-state index in [-0.39, 0.29) is 0 Å². The third-order valence-corrected chi connectivity index (χ3v) is 10.9. The normalized spacial score (nSPS) is 11.0. The number of rotatable bonds is 9. The van der Waals surface area contributed by atoms with Crippen molar-refractivity contribution >= 4 is 0 Å². The molecule has 0 aliphatic heterocycles. The molecule has 3 nitrogen and oxygen atoms in total. The third kappa shape index (κ3) is 7.10. The predicted molar refractivity (Wildman–Crippen MR) is 249 cm³/mol. The van der Waals surface area contributed by atoms with E-state index in [2.05, 4.69) is 176 Å². The van der Waals surface area contributed by atoms with Crippen molar-refractivity contribution in [2.24, 2.45) is 0 Å². The Kier molecular flexibility index (Phi) is 9.97. The molecule has 0 aliphatic carbocycles. The number of nitrogens with zero attached hydrogens (tertiary/aromatic N) is 3. The summed E-state index contributed by atoms with van der Waals surface area (Å²) in [7, 11) is 0. The first-order valence-electron chi connectivity index (χ1n) is 20.3. The predicted octanol–water partition coefficient (Wildman–Crippen LogP) is 14.9. The quantitative estimate of drug-likeness (QED) is 0.147. The van der Waals surface area contributed by atoms with E-state index in [0.29, 0.717) is 17.5 Å². The summed E-state index contributed by atoms with van der Waals surface area (Å²) in [6.07, 6.45) is 0. The topological polar surface area (TPSA) is 38.7 Å². The Labute approximate surface area is 351 Å². The molecule has 0 fully saturated rings. The number of hydrogen-bond donors (Lipinski definition) is 0. The maximum atomic E-state index is 5.16. The van der Waals surface area contributed by atoms with Crippen LogP contribution in [-0.4, -0.2) is 15.0 Å². The highest BCUT2D eigenvalue weighted by Gasteiger charge is 2.29. The second kappa shape index (κ2) is 16.5. The summed E-state index contributed by atoms with van der Waals surface area (Å²) in [4.78, 5) is 15.3. The van der Waals surface area contributed by atoms with Gasteiger partial charge < -0.3 is 0 Å². The largest absolute Gasteiger partial charge is 0.208 e. The van der Waals surface area contributed by atoms with Gasteiger partial charge in [0.15, 0.2) is 17.5 Å². The van der Waals surface area contributed by atoms with E-state index in [4.69, 9.17) is 15.0 Å². The Morgan fingerprint density at radius 3 is 0.650 bits per heavy atom. The summed E-state index contributed by atoms with van der Waals surface area (Å²) >= 11 is 0. The maximum absolute atomic E-state index is 5.16. The molecule has 0 atom stereocenters. The van der Waals surface area contributed by atoms with Crippen LogP contribution in [-0.2, 0) is 0 Å². The van der Waals surface area contributed by atoms with Crippen molar-refractivity contribution < 1.29 is 0 Å². The van der Waals surface area contributed by atoms with Crippen LogP contribution in [0.1, 0.15) is 0 Å². The van der Waals surface area contributed by atoms with Crippen molar-refractivity contribution in [3.63, 3.8) is 0 Å². The molecule has 0 unspecified atom stereocenters. The Morgan fingerprint density at radius 2 is 0.367 bits per heavy atom. The Morgan fingerprint density at radius 1 is 0.167 bits per heavy atom. The average molecular weight is 766 g/mol. The molecule has 0 aliphatic rings. The molecule has 3 heteroatoms. The van der Waals surface area contributed by atoms with E-state index in [1.807, 2.05) is 60.7 Å². The van der Waals surface area contributed by atoms with Gasteiger partial charge in [-0.15, -0.1) is 0 Å². The van der Waals surface area contributed by atoms with E-state index in [1.54, 1.807) is 0 Å². The van der Waals surface area contributed by atoms with Crippen LogP contribution in [0.4, 0.5) is 0 Å². The van der Waals surface area contributed by atoms with Gasteiger partial charge in [0.05, 0.1) is 0 Å². The molecule has 0 amide bonds. The Hall–Kier alpha value is -8.01. The lowest BCUT2D eigenvalue weighted by Gasteiger charge is -2.29. The Bertz CT molecular complexity index is 2870. The molecule has 282 valence electrons. The molecule has 1 aromatic heterocycles. The van der Waals surface area contributed by atoms with Crippen molar-refractivity contribution in [3.05, 3.63) is 237 Å². The monoisotopic (exact) mass is 765 g/mol. The van der Waals surface area contributed by atoms with Crippen LogP contribution in [0.3, 0.4) is 0 Å². The van der Waals surface area contributed by atoms with Crippen molar-refractivity contribution in [1.29, 1.82) is 0 Å². The first-order chi connectivity index (χ1) is 29.8. The zero-order valence-electron chi connectivity index (χ0n) is 32.9. The standard InChI is InChI=1S/C57H39N3/c1-8-23-40(24-9-1)49-50(41-25-10-2-11-26-41)52(43-29-14-4-15-30-43)54(53(44-31-16-5-17-32-44)51(49)42-27-12-3-13-28-42)47-37-22-38-48(39-47)57-59-55(45-33-18-6-19-34-45)58-56(60-57)46-35-20-7-21-36-46/h1-39H. The summed E-state index contributed by atoms with van der Waals surface area (Å²) in [5.41, 5.74) is 16.5. The van der Waals surface area contributed by atoms with Crippen LogP contribution in [0, 0.1) is 0 Å². The van der Waals surface area contributed by atoms with Gasteiger partial charge in [-0.05, 0) is 72.8 Å². The summed E-state index contributed by atoms with van der Waals surface area (Å²) < 4.78 is 0. The highest BCUT2D eigenvalue weighted by atomic mass is 15.0. The van der Waals surface area contributed by atoms with Gasteiger partial charge in [0, 0.05) is 16.7 Å². The van der Waals surface area contributed by atoms with Crippen LogP contribution in [0.5, 0.6) is 0 Å². The van der Waals surface area contributed by atoms with Crippen LogP contribution in [0.25, 0.3) is 101 Å². The van der Waals surface area contributed by atoms with Crippen molar-refractivity contribution in [2.45, 2.75) is 0 Å². The molecule has 0 bridgehead atoms. The molecule has 60 heavy (non-hydrogen) atoms. The highest BCUT2D eigenvalue weighted by Crippen LogP contribution is 2.56. The zero-order valence-corrected chi connectivity index (χ0v) is 32.9. The summed E-state index contributed by atoms with van der Waals surface area (Å²) in [6.45, 7) is 0. The molecule has 0 saturated carbocycles. The molecule has 1 heterocycles. The fourth-order valence-electron chi connectivity index (χ4n) is 8.26. The number of aromatic nitrogens is 3. The van der Waals surface area contributed by atoms with Gasteiger partial charge in [-0.2, -0.15) is 0 Å². The van der Waals surface area contributed by atoms with Gasteiger partial charge in [0.2, 0.25) is 0 Å². The minimum atomic E-state index is 0.611. The number of hydrogen-bond acceptors (Lipinski definition) is 3. The lowest BCUT2D eigenvalue weighted by atomic mass is 9.74. The highest BCUT2D eigenvalue weighted by molar-refractivity contribution is 6.15. The molecule has 10 rings (SSSR count). The minimum absolute atomic E-state index is 0.611. The summed E-state index contributed by atoms with van der Waals surface area (Å²) in [5.74, 6) is 1.87. The molecule has 0 saturated heterocycles. The second-order valence-electron chi connectivity index (χ2n) is 14.7. The maximum Gasteiger partial charge on any atom is 0.164 e. The van der Waals surface area contributed by atoms with Crippen LogP contribution < -0.4 is 0 Å². The van der Waals surface area contributed by atoms with Crippen LogP contribution in [0.15, 0.2) is 237 Å². The van der Waals surface area contributed by atoms with Crippen molar-refractivity contribution in [3.8, 4) is 101 Å². The van der Waals surface area contributed by atoms with E-state index in [1.165, 1.54) is 16.7 Å². The van der Waals surface area contributed by atoms with E-state index < -0.39 is 0 Å². The lowest BCUT2D eigenvalue weighted by molar-refractivity contribution is 1.07. The van der Waals surface area contributed by atoms with Gasteiger partial charge in [0.1, 0.15) is 0 Å². The fourth-order valence-corrected chi connectivity index (χ4v) is 8.26. The molecule has 0 spiro atoms. The average Bonchev–Trinajstić information content (AvgIpc) is 3.35. The van der Waals surface area contributed by atoms with Gasteiger partial charge in [-0.3, -0.25) is 0 Å². The van der Waals surface area contributed by atoms with Crippen molar-refractivity contribution in [2.75, 3.05) is 0 Å². The number of benzene rings is 9. The summed E-state index contributed by atoms with van der Waals surface area (Å²) in [5, 5.41) is 0. The second-order valence-corrected chi connectivity index (χ2v) is 14.7. The summed E-state index contributed by atoms with van der Waals surface area (Å²) in [6, 6.07) is 83.3. The van der Waals surface area contributed by atoms with Gasteiger partial charge in [-0.25, -0.2) is 15.0 Å². The fraction of sp³-hybridized carbons (Fsp3) is 0. The first kappa shape index (κ1) is 36.3. The van der Waals surface area contributed by atoms with E-state index in [9.17, 15) is 0 Å². The lowest BCUT2D eigenvalue weighted by Crippen LogP contribution is -2.03. The van der Waals surface area contributed by atoms with Crippen molar-refractivity contribution in [1.82, 2.24) is 15.0 Å². The molecule has 10 aromatic rings. The van der Waals surface area contributed by atoms with Crippen LogP contribution in [0.2, 0.25) is 0 Å². The van der Waals surface area contributed by atoms with Gasteiger partial charge in [0.25, 0.3) is 0 Å².